The molecule has 0 bridgehead atoms. The summed E-state index contributed by atoms with van der Waals surface area (Å²) < 4.78 is 16.9. The molecular formula is C24H19NO5. The van der Waals surface area contributed by atoms with E-state index in [4.69, 9.17) is 13.9 Å². The number of oxime groups is 1. The zero-order valence-corrected chi connectivity index (χ0v) is 16.2. The van der Waals surface area contributed by atoms with Crippen LogP contribution in [0.4, 0.5) is 0 Å². The number of hydrogen-bond acceptors (Lipinski definition) is 6. The maximum absolute atomic E-state index is 12.5. The highest BCUT2D eigenvalue weighted by Crippen LogP contribution is 2.25. The van der Waals surface area contributed by atoms with Crippen LogP contribution in [0.5, 0.6) is 11.5 Å². The SMILES string of the molecule is COc1ccc(/C(COc2ccc3c(=O)cc(-c4ccccc4)oc3c2)=N\O)cc1. The van der Waals surface area contributed by atoms with Gasteiger partial charge in [0.15, 0.2) is 5.43 Å². The molecule has 0 spiro atoms. The molecule has 0 fully saturated rings. The Morgan fingerprint density at radius 1 is 0.967 bits per heavy atom. The van der Waals surface area contributed by atoms with Gasteiger partial charge < -0.3 is 19.1 Å². The van der Waals surface area contributed by atoms with Gasteiger partial charge in [-0.2, -0.15) is 0 Å². The molecule has 6 nitrogen and oxygen atoms in total. The minimum atomic E-state index is -0.127. The van der Waals surface area contributed by atoms with Gasteiger partial charge in [0.25, 0.3) is 0 Å². The smallest absolute Gasteiger partial charge is 0.193 e. The van der Waals surface area contributed by atoms with Gasteiger partial charge in [-0.25, -0.2) is 0 Å². The average Bonchev–Trinajstić information content (AvgIpc) is 2.80. The summed E-state index contributed by atoms with van der Waals surface area (Å²) in [7, 11) is 1.58. The van der Waals surface area contributed by atoms with Gasteiger partial charge in [-0.15, -0.1) is 0 Å². The predicted molar refractivity (Wildman–Crippen MR) is 115 cm³/mol. The van der Waals surface area contributed by atoms with Gasteiger partial charge in [0.05, 0.1) is 12.5 Å². The molecule has 0 saturated carbocycles. The topological polar surface area (TPSA) is 81.3 Å². The maximum atomic E-state index is 12.5. The third kappa shape index (κ3) is 4.03. The van der Waals surface area contributed by atoms with Crippen molar-refractivity contribution in [2.45, 2.75) is 0 Å². The number of benzene rings is 3. The molecule has 0 aliphatic carbocycles. The van der Waals surface area contributed by atoms with Crippen LogP contribution in [0.1, 0.15) is 5.56 Å². The zero-order valence-electron chi connectivity index (χ0n) is 16.2. The largest absolute Gasteiger partial charge is 0.497 e. The first-order valence-electron chi connectivity index (χ1n) is 9.29. The number of methoxy groups -OCH3 is 1. The summed E-state index contributed by atoms with van der Waals surface area (Å²) in [5.74, 6) is 1.68. The van der Waals surface area contributed by atoms with Gasteiger partial charge in [-0.3, -0.25) is 4.79 Å². The zero-order chi connectivity index (χ0) is 20.9. The van der Waals surface area contributed by atoms with Crippen molar-refractivity contribution in [1.29, 1.82) is 0 Å². The Bertz CT molecular complexity index is 1240. The van der Waals surface area contributed by atoms with E-state index in [9.17, 15) is 10.0 Å². The molecule has 150 valence electrons. The molecule has 1 N–H and O–H groups in total. The maximum Gasteiger partial charge on any atom is 0.193 e. The summed E-state index contributed by atoms with van der Waals surface area (Å²) in [6, 6.07) is 23.0. The second-order valence-electron chi connectivity index (χ2n) is 6.56. The highest BCUT2D eigenvalue weighted by molar-refractivity contribution is 6.01. The van der Waals surface area contributed by atoms with Crippen molar-refractivity contribution in [1.82, 2.24) is 0 Å². The van der Waals surface area contributed by atoms with E-state index in [1.807, 2.05) is 30.3 Å². The van der Waals surface area contributed by atoms with Crippen molar-refractivity contribution in [3.63, 3.8) is 0 Å². The van der Waals surface area contributed by atoms with E-state index in [2.05, 4.69) is 5.16 Å². The van der Waals surface area contributed by atoms with Gasteiger partial charge in [0.2, 0.25) is 0 Å². The first-order chi connectivity index (χ1) is 14.7. The van der Waals surface area contributed by atoms with Crippen molar-refractivity contribution in [2.24, 2.45) is 5.16 Å². The fraction of sp³-hybridized carbons (Fsp3) is 0.0833. The second kappa shape index (κ2) is 8.53. The standard InChI is InChI=1S/C24H19NO5/c1-28-18-9-7-16(8-10-18)21(25-27)15-29-19-11-12-20-22(26)14-23(30-24(20)13-19)17-5-3-2-4-6-17/h2-14,27H,15H2,1H3/b25-21-. The first-order valence-corrected chi connectivity index (χ1v) is 9.29. The highest BCUT2D eigenvalue weighted by atomic mass is 16.5. The van der Waals surface area contributed by atoms with Crippen LogP contribution >= 0.6 is 0 Å². The molecule has 3 aromatic carbocycles. The van der Waals surface area contributed by atoms with Gasteiger partial charge in [0, 0.05) is 23.3 Å². The number of rotatable bonds is 6. The molecule has 0 saturated heterocycles. The molecule has 30 heavy (non-hydrogen) atoms. The molecule has 0 radical (unpaired) electrons. The van der Waals surface area contributed by atoms with Gasteiger partial charge in [-0.1, -0.05) is 35.5 Å². The Balaban J connectivity index is 1.59. The molecule has 1 aromatic heterocycles. The average molecular weight is 401 g/mol. The second-order valence-corrected chi connectivity index (χ2v) is 6.56. The molecule has 4 aromatic rings. The summed E-state index contributed by atoms with van der Waals surface area (Å²) in [6.45, 7) is 0.0386. The molecule has 0 aliphatic rings. The number of nitrogens with zero attached hydrogens (tertiary/aromatic N) is 1. The molecule has 4 rings (SSSR count). The Morgan fingerprint density at radius 3 is 2.40 bits per heavy atom. The number of ether oxygens (including phenoxy) is 2. The van der Waals surface area contributed by atoms with E-state index in [-0.39, 0.29) is 12.0 Å². The third-order valence-corrected chi connectivity index (χ3v) is 4.68. The summed E-state index contributed by atoms with van der Waals surface area (Å²) in [4.78, 5) is 12.5. The first kappa shape index (κ1) is 19.3. The van der Waals surface area contributed by atoms with E-state index < -0.39 is 0 Å². The van der Waals surface area contributed by atoms with Crippen LogP contribution in [-0.2, 0) is 0 Å². The van der Waals surface area contributed by atoms with E-state index in [0.717, 1.165) is 5.56 Å². The minimum Gasteiger partial charge on any atom is -0.497 e. The van der Waals surface area contributed by atoms with E-state index in [1.165, 1.54) is 6.07 Å². The monoisotopic (exact) mass is 401 g/mol. The lowest BCUT2D eigenvalue weighted by molar-refractivity contribution is 0.308. The van der Waals surface area contributed by atoms with Gasteiger partial charge in [-0.05, 0) is 36.4 Å². The molecule has 6 heteroatoms. The predicted octanol–water partition coefficient (Wildman–Crippen LogP) is 4.73. The van der Waals surface area contributed by atoms with Crippen LogP contribution in [0.25, 0.3) is 22.3 Å². The summed E-state index contributed by atoms with van der Waals surface area (Å²) in [6.07, 6.45) is 0. The highest BCUT2D eigenvalue weighted by Gasteiger charge is 2.10. The van der Waals surface area contributed by atoms with Gasteiger partial charge >= 0.3 is 0 Å². The Labute approximate surface area is 172 Å². The molecule has 0 amide bonds. The van der Waals surface area contributed by atoms with E-state index >= 15 is 0 Å². The van der Waals surface area contributed by atoms with Crippen LogP contribution in [-0.4, -0.2) is 24.6 Å². The fourth-order valence-corrected chi connectivity index (χ4v) is 3.07. The Hall–Kier alpha value is -4.06. The lowest BCUT2D eigenvalue weighted by atomic mass is 10.1. The van der Waals surface area contributed by atoms with Crippen LogP contribution in [0, 0.1) is 0 Å². The normalized spacial score (nSPS) is 11.4. The molecular weight excluding hydrogens is 382 g/mol. The number of fused-ring (bicyclic) bond motifs is 1. The summed E-state index contributed by atoms with van der Waals surface area (Å²) in [5, 5.41) is 13.2. The van der Waals surface area contributed by atoms with Crippen molar-refractivity contribution < 1.29 is 19.1 Å². The molecule has 1 heterocycles. The van der Waals surface area contributed by atoms with Crippen molar-refractivity contribution in [3.8, 4) is 22.8 Å². The van der Waals surface area contributed by atoms with Crippen LogP contribution in [0.3, 0.4) is 0 Å². The Kier molecular flexibility index (Phi) is 5.48. The van der Waals surface area contributed by atoms with Crippen LogP contribution < -0.4 is 14.9 Å². The lowest BCUT2D eigenvalue weighted by Gasteiger charge is -2.10. The van der Waals surface area contributed by atoms with Crippen LogP contribution in [0.15, 0.2) is 93.2 Å². The number of hydrogen-bond donors (Lipinski definition) is 1. The quantitative estimate of drug-likeness (QED) is 0.287. The van der Waals surface area contributed by atoms with E-state index in [1.54, 1.807) is 49.6 Å². The molecule has 0 aliphatic heterocycles. The summed E-state index contributed by atoms with van der Waals surface area (Å²) >= 11 is 0. The molecule has 0 atom stereocenters. The van der Waals surface area contributed by atoms with E-state index in [0.29, 0.717) is 39.5 Å². The Morgan fingerprint density at radius 2 is 1.70 bits per heavy atom. The fourth-order valence-electron chi connectivity index (χ4n) is 3.07. The van der Waals surface area contributed by atoms with Crippen LogP contribution in [0.2, 0.25) is 0 Å². The summed E-state index contributed by atoms with van der Waals surface area (Å²) in [5.41, 5.74) is 2.18. The van der Waals surface area contributed by atoms with Crippen molar-refractivity contribution in [3.05, 3.63) is 94.6 Å². The minimum absolute atomic E-state index is 0.0386. The lowest BCUT2D eigenvalue weighted by Crippen LogP contribution is -2.13. The van der Waals surface area contributed by atoms with Gasteiger partial charge in [0.1, 0.15) is 35.2 Å². The molecule has 0 unspecified atom stereocenters. The third-order valence-electron chi connectivity index (χ3n) is 4.68. The van der Waals surface area contributed by atoms with Crippen molar-refractivity contribution in [2.75, 3.05) is 13.7 Å². The van der Waals surface area contributed by atoms with Crippen molar-refractivity contribution >= 4 is 16.7 Å².